The molecule has 2 heterocycles. The lowest BCUT2D eigenvalue weighted by atomic mass is 10.1. The number of amides is 1. The summed E-state index contributed by atoms with van der Waals surface area (Å²) in [6.07, 6.45) is 1.63. The number of hydrogen-bond acceptors (Lipinski definition) is 8. The van der Waals surface area contributed by atoms with Gasteiger partial charge in [0.25, 0.3) is 11.6 Å². The number of esters is 1. The smallest absolute Gasteiger partial charge is 0.338 e. The molecule has 172 valence electrons. The van der Waals surface area contributed by atoms with E-state index < -0.39 is 10.9 Å². The van der Waals surface area contributed by atoms with E-state index in [4.69, 9.17) is 9.15 Å². The van der Waals surface area contributed by atoms with Crippen molar-refractivity contribution in [1.29, 1.82) is 0 Å². The van der Waals surface area contributed by atoms with Gasteiger partial charge in [0.05, 0.1) is 27.7 Å². The number of ether oxygens (including phenoxy) is 1. The van der Waals surface area contributed by atoms with Crippen LogP contribution in [0.15, 0.2) is 75.0 Å². The van der Waals surface area contributed by atoms with Crippen LogP contribution in [0.5, 0.6) is 0 Å². The second-order valence-corrected chi connectivity index (χ2v) is 8.15. The Morgan fingerprint density at radius 3 is 2.50 bits per heavy atom. The number of carbonyl (C=O) groups is 2. The van der Waals surface area contributed by atoms with Crippen LogP contribution in [0, 0.1) is 10.1 Å². The predicted molar refractivity (Wildman–Crippen MR) is 129 cm³/mol. The molecule has 9 nitrogen and oxygen atoms in total. The van der Waals surface area contributed by atoms with E-state index in [0.29, 0.717) is 45.0 Å². The molecule has 0 spiro atoms. The average Bonchev–Trinajstić information content (AvgIpc) is 3.40. The summed E-state index contributed by atoms with van der Waals surface area (Å²) in [6, 6.07) is 16.1. The van der Waals surface area contributed by atoms with E-state index in [1.807, 2.05) is 0 Å². The Kier molecular flexibility index (Phi) is 6.60. The van der Waals surface area contributed by atoms with Crippen molar-refractivity contribution in [2.24, 2.45) is 4.99 Å². The number of nitro groups is 1. The molecule has 1 aliphatic heterocycles. The molecule has 0 unspecified atom stereocenters. The first kappa shape index (κ1) is 23.0. The summed E-state index contributed by atoms with van der Waals surface area (Å²) in [6.45, 7) is 2.04. The summed E-state index contributed by atoms with van der Waals surface area (Å²) >= 11 is 1.21. The maximum atomic E-state index is 12.7. The second-order valence-electron chi connectivity index (χ2n) is 7.14. The Morgan fingerprint density at radius 1 is 1.15 bits per heavy atom. The van der Waals surface area contributed by atoms with E-state index in [2.05, 4.69) is 4.99 Å². The number of rotatable bonds is 6. The number of carbonyl (C=O) groups excluding carboxylic acids is 2. The van der Waals surface area contributed by atoms with Crippen LogP contribution in [0.25, 0.3) is 17.4 Å². The zero-order valence-corrected chi connectivity index (χ0v) is 19.1. The van der Waals surface area contributed by atoms with Gasteiger partial charge in [-0.05, 0) is 67.2 Å². The molecule has 1 fully saturated rings. The number of nitrogens with zero attached hydrogens (tertiary/aromatic N) is 3. The van der Waals surface area contributed by atoms with Gasteiger partial charge in [0.2, 0.25) is 0 Å². The minimum absolute atomic E-state index is 0.00372. The van der Waals surface area contributed by atoms with Crippen LogP contribution in [0.4, 0.5) is 11.4 Å². The molecule has 0 radical (unpaired) electrons. The summed E-state index contributed by atoms with van der Waals surface area (Å²) < 4.78 is 10.8. The number of amidine groups is 1. The van der Waals surface area contributed by atoms with Crippen LogP contribution in [0.1, 0.15) is 23.0 Å². The SMILES string of the molecule is CCOC(=O)c1ccc(N=C2S/C(=C/c3ccc(-c4ccc([N+](=O)[O-])cc4)o3)C(=O)N2C)cc1. The van der Waals surface area contributed by atoms with Crippen molar-refractivity contribution in [2.75, 3.05) is 13.7 Å². The highest BCUT2D eigenvalue weighted by Gasteiger charge is 2.30. The molecule has 34 heavy (non-hydrogen) atoms. The van der Waals surface area contributed by atoms with Gasteiger partial charge in [-0.2, -0.15) is 0 Å². The zero-order chi connectivity index (χ0) is 24.2. The van der Waals surface area contributed by atoms with Crippen LogP contribution >= 0.6 is 11.8 Å². The fourth-order valence-corrected chi connectivity index (χ4v) is 4.08. The van der Waals surface area contributed by atoms with Crippen LogP contribution in [-0.2, 0) is 9.53 Å². The van der Waals surface area contributed by atoms with E-state index in [-0.39, 0.29) is 11.6 Å². The van der Waals surface area contributed by atoms with Crippen LogP contribution in [0.3, 0.4) is 0 Å². The van der Waals surface area contributed by atoms with Gasteiger partial charge in [0.15, 0.2) is 5.17 Å². The summed E-state index contributed by atoms with van der Waals surface area (Å²) in [5, 5.41) is 11.3. The summed E-state index contributed by atoms with van der Waals surface area (Å²) in [4.78, 5) is 41.2. The van der Waals surface area contributed by atoms with Crippen LogP contribution in [-0.4, -0.2) is 40.5 Å². The minimum atomic E-state index is -0.463. The number of nitro benzene ring substituents is 1. The second kappa shape index (κ2) is 9.75. The van der Waals surface area contributed by atoms with Gasteiger partial charge in [0, 0.05) is 30.8 Å². The van der Waals surface area contributed by atoms with Crippen molar-refractivity contribution in [3.63, 3.8) is 0 Å². The molecular formula is C24H19N3O6S. The molecule has 1 saturated heterocycles. The van der Waals surface area contributed by atoms with Gasteiger partial charge >= 0.3 is 5.97 Å². The molecule has 1 aliphatic rings. The van der Waals surface area contributed by atoms with Crippen LogP contribution in [0.2, 0.25) is 0 Å². The van der Waals surface area contributed by atoms with Crippen molar-refractivity contribution >= 4 is 46.3 Å². The fourth-order valence-electron chi connectivity index (χ4n) is 3.11. The Hall–Kier alpha value is -4.18. The normalized spacial score (nSPS) is 15.8. The highest BCUT2D eigenvalue weighted by molar-refractivity contribution is 8.18. The first-order valence-corrected chi connectivity index (χ1v) is 11.1. The highest BCUT2D eigenvalue weighted by Crippen LogP contribution is 2.34. The first-order valence-electron chi connectivity index (χ1n) is 10.2. The number of likely N-dealkylation sites (N-methyl/N-ethyl adjacent to an activating group) is 1. The van der Waals surface area contributed by atoms with E-state index in [1.165, 1.54) is 28.8 Å². The molecular weight excluding hydrogens is 458 g/mol. The van der Waals surface area contributed by atoms with Gasteiger partial charge in [-0.3, -0.25) is 19.8 Å². The molecule has 0 saturated carbocycles. The first-order chi connectivity index (χ1) is 16.4. The number of hydrogen-bond donors (Lipinski definition) is 0. The predicted octanol–water partition coefficient (Wildman–Crippen LogP) is 5.27. The Morgan fingerprint density at radius 2 is 1.85 bits per heavy atom. The van der Waals surface area contributed by atoms with E-state index >= 15 is 0 Å². The van der Waals surface area contributed by atoms with Crippen molar-refractivity contribution in [3.8, 4) is 11.3 Å². The Labute approximate surface area is 198 Å². The number of aliphatic imine (C=N–C) groups is 1. The number of furan rings is 1. The zero-order valence-electron chi connectivity index (χ0n) is 18.3. The molecule has 0 atom stereocenters. The third kappa shape index (κ3) is 4.91. The quantitative estimate of drug-likeness (QED) is 0.206. The van der Waals surface area contributed by atoms with Gasteiger partial charge in [-0.15, -0.1) is 0 Å². The maximum absolute atomic E-state index is 12.7. The van der Waals surface area contributed by atoms with Crippen molar-refractivity contribution in [1.82, 2.24) is 4.90 Å². The number of thioether (sulfide) groups is 1. The summed E-state index contributed by atoms with van der Waals surface area (Å²) in [5.74, 6) is 0.375. The molecule has 10 heteroatoms. The van der Waals surface area contributed by atoms with Crippen molar-refractivity contribution < 1.29 is 23.7 Å². The lowest BCUT2D eigenvalue weighted by Gasteiger charge is -2.07. The molecule has 0 aliphatic carbocycles. The summed E-state index contributed by atoms with van der Waals surface area (Å²) in [7, 11) is 1.63. The third-order valence-electron chi connectivity index (χ3n) is 4.87. The molecule has 3 aromatic rings. The largest absolute Gasteiger partial charge is 0.462 e. The number of benzene rings is 2. The number of non-ortho nitro benzene ring substituents is 1. The summed E-state index contributed by atoms with van der Waals surface area (Å²) in [5.41, 5.74) is 1.70. The lowest BCUT2D eigenvalue weighted by molar-refractivity contribution is -0.384. The molecule has 0 bridgehead atoms. The topological polar surface area (TPSA) is 115 Å². The highest BCUT2D eigenvalue weighted by atomic mass is 32.2. The Balaban J connectivity index is 1.51. The van der Waals surface area contributed by atoms with Gasteiger partial charge in [-0.1, -0.05) is 0 Å². The third-order valence-corrected chi connectivity index (χ3v) is 5.93. The molecule has 1 aromatic heterocycles. The molecule has 1 amide bonds. The standard InChI is InChI=1S/C24H19N3O6S/c1-3-32-23(29)16-4-8-17(9-5-16)25-24-26(2)22(28)21(34-24)14-19-12-13-20(33-19)15-6-10-18(11-7-15)27(30)31/h4-14H,3H2,1-2H3/b21-14+,25-24?. The van der Waals surface area contributed by atoms with Crippen LogP contribution < -0.4 is 0 Å². The van der Waals surface area contributed by atoms with Gasteiger partial charge in [-0.25, -0.2) is 9.79 Å². The maximum Gasteiger partial charge on any atom is 0.338 e. The monoisotopic (exact) mass is 477 g/mol. The minimum Gasteiger partial charge on any atom is -0.462 e. The average molecular weight is 477 g/mol. The van der Waals surface area contributed by atoms with E-state index in [0.717, 1.165) is 0 Å². The Bertz CT molecular complexity index is 1310. The van der Waals surface area contributed by atoms with Gasteiger partial charge in [0.1, 0.15) is 11.5 Å². The lowest BCUT2D eigenvalue weighted by Crippen LogP contribution is -2.23. The van der Waals surface area contributed by atoms with E-state index in [9.17, 15) is 19.7 Å². The van der Waals surface area contributed by atoms with Gasteiger partial charge < -0.3 is 9.15 Å². The van der Waals surface area contributed by atoms with Crippen molar-refractivity contribution in [2.45, 2.75) is 6.92 Å². The molecule has 0 N–H and O–H groups in total. The van der Waals surface area contributed by atoms with E-state index in [1.54, 1.807) is 68.6 Å². The molecule has 2 aromatic carbocycles. The fraction of sp³-hybridized carbons (Fsp3) is 0.125. The van der Waals surface area contributed by atoms with Crippen molar-refractivity contribution in [3.05, 3.63) is 87.0 Å². The molecule has 4 rings (SSSR count).